The van der Waals surface area contributed by atoms with E-state index in [0.29, 0.717) is 52.8 Å². The van der Waals surface area contributed by atoms with Gasteiger partial charge >= 0.3 is 6.09 Å². The van der Waals surface area contributed by atoms with Crippen molar-refractivity contribution in [1.82, 2.24) is 4.90 Å². The third-order valence-electron chi connectivity index (χ3n) is 5.51. The predicted octanol–water partition coefficient (Wildman–Crippen LogP) is 6.28. The van der Waals surface area contributed by atoms with Crippen molar-refractivity contribution in [3.8, 4) is 5.75 Å². The van der Waals surface area contributed by atoms with Gasteiger partial charge in [0, 0.05) is 13.6 Å². The average Bonchev–Trinajstić information content (AvgIpc) is 2.83. The number of likely N-dealkylation sites (N-methyl/N-ethyl adjacent to an activating group) is 1. The molecule has 0 spiro atoms. The van der Waals surface area contributed by atoms with Crippen LogP contribution in [0.1, 0.15) is 78.2 Å². The van der Waals surface area contributed by atoms with Crippen LogP contribution in [-0.2, 0) is 25.4 Å². The van der Waals surface area contributed by atoms with Gasteiger partial charge < -0.3 is 28.6 Å². The first kappa shape index (κ1) is 32.2. The van der Waals surface area contributed by atoms with Crippen molar-refractivity contribution in [2.24, 2.45) is 0 Å². The average molecular weight is 510 g/mol. The highest BCUT2D eigenvalue weighted by molar-refractivity contribution is 5.67. The summed E-state index contributed by atoms with van der Waals surface area (Å²) in [6.45, 7) is 11.7. The van der Waals surface area contributed by atoms with Crippen LogP contribution in [0.15, 0.2) is 24.3 Å². The van der Waals surface area contributed by atoms with Crippen molar-refractivity contribution < 1.29 is 28.5 Å². The quantitative estimate of drug-likeness (QED) is 0.182. The van der Waals surface area contributed by atoms with Gasteiger partial charge in [0.25, 0.3) is 0 Å². The first-order valence-corrected chi connectivity index (χ1v) is 13.7. The van der Waals surface area contributed by atoms with Crippen molar-refractivity contribution in [2.75, 3.05) is 59.8 Å². The fourth-order valence-corrected chi connectivity index (χ4v) is 3.43. The van der Waals surface area contributed by atoms with Gasteiger partial charge in [0.1, 0.15) is 18.0 Å². The first-order valence-electron chi connectivity index (χ1n) is 13.7. The number of aryl methyl sites for hydroxylation is 1. The highest BCUT2D eigenvalue weighted by atomic mass is 16.6. The molecule has 0 saturated carbocycles. The summed E-state index contributed by atoms with van der Waals surface area (Å²) >= 11 is 0. The highest BCUT2D eigenvalue weighted by Crippen LogP contribution is 2.15. The van der Waals surface area contributed by atoms with Gasteiger partial charge in [-0.1, -0.05) is 57.6 Å². The van der Waals surface area contributed by atoms with Crippen LogP contribution in [0.25, 0.3) is 0 Å². The number of carbonyl (C=O) groups is 1. The SMILES string of the molecule is CCCCCCCCCc1ccc(OCCOCCOCCOCCN(C)C(=O)OC(C)(C)C)cc1. The van der Waals surface area contributed by atoms with Crippen molar-refractivity contribution in [1.29, 1.82) is 0 Å². The molecule has 7 nitrogen and oxygen atoms in total. The largest absolute Gasteiger partial charge is 0.491 e. The maximum atomic E-state index is 11.8. The molecule has 0 N–H and O–H groups in total. The second kappa shape index (κ2) is 20.3. The van der Waals surface area contributed by atoms with Crippen LogP contribution in [0.5, 0.6) is 5.75 Å². The molecule has 1 aromatic rings. The van der Waals surface area contributed by atoms with Crippen LogP contribution in [0.3, 0.4) is 0 Å². The van der Waals surface area contributed by atoms with E-state index in [9.17, 15) is 4.79 Å². The van der Waals surface area contributed by atoms with Crippen LogP contribution in [0.2, 0.25) is 0 Å². The van der Waals surface area contributed by atoms with Crippen molar-refractivity contribution in [3.63, 3.8) is 0 Å². The second-order valence-electron chi connectivity index (χ2n) is 10.1. The summed E-state index contributed by atoms with van der Waals surface area (Å²) in [5.74, 6) is 0.882. The van der Waals surface area contributed by atoms with Crippen molar-refractivity contribution in [3.05, 3.63) is 29.8 Å². The summed E-state index contributed by atoms with van der Waals surface area (Å²) in [5, 5.41) is 0. The molecule has 0 atom stereocenters. The summed E-state index contributed by atoms with van der Waals surface area (Å²) < 4.78 is 27.6. The van der Waals surface area contributed by atoms with E-state index in [1.807, 2.05) is 32.9 Å². The molecule has 1 aromatic carbocycles. The first-order chi connectivity index (χ1) is 17.3. The molecule has 0 aliphatic rings. The predicted molar refractivity (Wildman–Crippen MR) is 145 cm³/mol. The minimum atomic E-state index is -0.494. The van der Waals surface area contributed by atoms with E-state index in [4.69, 9.17) is 23.7 Å². The number of rotatable bonds is 21. The normalized spacial score (nSPS) is 11.5. The van der Waals surface area contributed by atoms with Crippen LogP contribution in [-0.4, -0.2) is 76.4 Å². The number of hydrogen-bond acceptors (Lipinski definition) is 6. The van der Waals surface area contributed by atoms with Crippen LogP contribution in [0.4, 0.5) is 4.79 Å². The number of benzene rings is 1. The van der Waals surface area contributed by atoms with Gasteiger partial charge in [-0.05, 0) is 51.3 Å². The maximum Gasteiger partial charge on any atom is 0.410 e. The molecule has 0 aliphatic heterocycles. The monoisotopic (exact) mass is 509 g/mol. The zero-order chi connectivity index (χ0) is 26.5. The van der Waals surface area contributed by atoms with E-state index in [0.717, 1.165) is 12.2 Å². The van der Waals surface area contributed by atoms with E-state index >= 15 is 0 Å². The number of nitrogens with zero attached hydrogens (tertiary/aromatic N) is 1. The Morgan fingerprint density at radius 1 is 0.750 bits per heavy atom. The van der Waals surface area contributed by atoms with E-state index in [-0.39, 0.29) is 6.09 Å². The van der Waals surface area contributed by atoms with Gasteiger partial charge in [-0.25, -0.2) is 4.79 Å². The van der Waals surface area contributed by atoms with Gasteiger partial charge in [0.15, 0.2) is 0 Å². The summed E-state index contributed by atoms with van der Waals surface area (Å²) in [5.41, 5.74) is 0.884. The molecule has 0 fully saturated rings. The Kier molecular flexibility index (Phi) is 18.1. The van der Waals surface area contributed by atoms with Crippen LogP contribution in [0, 0.1) is 0 Å². The second-order valence-corrected chi connectivity index (χ2v) is 10.1. The summed E-state index contributed by atoms with van der Waals surface area (Å²) in [6, 6.07) is 8.42. The standard InChI is InChI=1S/C29H51NO6/c1-6-7-8-9-10-11-12-13-26-14-16-27(17-15-26)35-25-24-34-23-22-33-21-20-32-19-18-30(5)28(31)36-29(2,3)4/h14-17H,6-13,18-25H2,1-5H3. The topological polar surface area (TPSA) is 66.5 Å². The number of carbonyl (C=O) groups excluding carboxylic acids is 1. The van der Waals surface area contributed by atoms with Crippen LogP contribution >= 0.6 is 0 Å². The Balaban J connectivity index is 1.91. The minimum Gasteiger partial charge on any atom is -0.491 e. The van der Waals surface area contributed by atoms with Crippen molar-refractivity contribution in [2.45, 2.75) is 84.7 Å². The minimum absolute atomic E-state index is 0.348. The third-order valence-corrected chi connectivity index (χ3v) is 5.51. The van der Waals surface area contributed by atoms with E-state index in [1.165, 1.54) is 55.4 Å². The smallest absolute Gasteiger partial charge is 0.410 e. The Morgan fingerprint density at radius 3 is 1.86 bits per heavy atom. The molecule has 1 rings (SSSR count). The zero-order valence-electron chi connectivity index (χ0n) is 23.5. The highest BCUT2D eigenvalue weighted by Gasteiger charge is 2.19. The van der Waals surface area contributed by atoms with E-state index < -0.39 is 5.60 Å². The molecule has 0 aromatic heterocycles. The maximum absolute atomic E-state index is 11.8. The molecular formula is C29H51NO6. The molecule has 0 aliphatic carbocycles. The molecule has 0 radical (unpaired) electrons. The number of hydrogen-bond donors (Lipinski definition) is 0. The summed E-state index contributed by atoms with van der Waals surface area (Å²) in [4.78, 5) is 13.3. The molecule has 0 unspecified atom stereocenters. The van der Waals surface area contributed by atoms with Gasteiger partial charge in [0.05, 0.1) is 39.6 Å². The Labute approximate surface area is 219 Å². The van der Waals surface area contributed by atoms with E-state index in [2.05, 4.69) is 19.1 Å². The van der Waals surface area contributed by atoms with Crippen molar-refractivity contribution >= 4 is 6.09 Å². The Hall–Kier alpha value is -1.83. The lowest BCUT2D eigenvalue weighted by molar-refractivity contribution is 0.00189. The molecule has 208 valence electrons. The lowest BCUT2D eigenvalue weighted by atomic mass is 10.0. The number of ether oxygens (including phenoxy) is 5. The summed E-state index contributed by atoms with van der Waals surface area (Å²) in [6.07, 6.45) is 10.2. The molecule has 0 saturated heterocycles. The molecule has 0 heterocycles. The molecule has 1 amide bonds. The third kappa shape index (κ3) is 18.4. The zero-order valence-corrected chi connectivity index (χ0v) is 23.5. The van der Waals surface area contributed by atoms with Gasteiger partial charge in [-0.3, -0.25) is 0 Å². The van der Waals surface area contributed by atoms with Gasteiger partial charge in [0.2, 0.25) is 0 Å². The fraction of sp³-hybridized carbons (Fsp3) is 0.759. The lowest BCUT2D eigenvalue weighted by Gasteiger charge is -2.24. The summed E-state index contributed by atoms with van der Waals surface area (Å²) in [7, 11) is 1.70. The lowest BCUT2D eigenvalue weighted by Crippen LogP contribution is -2.36. The number of amides is 1. The number of unbranched alkanes of at least 4 members (excludes halogenated alkanes) is 6. The molecule has 7 heteroatoms. The molecular weight excluding hydrogens is 458 g/mol. The van der Waals surface area contributed by atoms with Gasteiger partial charge in [-0.2, -0.15) is 0 Å². The Bertz CT molecular complexity index is 659. The van der Waals surface area contributed by atoms with E-state index in [1.54, 1.807) is 7.05 Å². The van der Waals surface area contributed by atoms with Crippen LogP contribution < -0.4 is 4.74 Å². The Morgan fingerprint density at radius 2 is 1.28 bits per heavy atom. The molecule has 0 bridgehead atoms. The van der Waals surface area contributed by atoms with Gasteiger partial charge in [-0.15, -0.1) is 0 Å². The molecule has 36 heavy (non-hydrogen) atoms. The fourth-order valence-electron chi connectivity index (χ4n) is 3.43.